The molecule has 170 valence electrons. The lowest BCUT2D eigenvalue weighted by atomic mass is 10.0. The van der Waals surface area contributed by atoms with Crippen molar-refractivity contribution in [2.24, 2.45) is 0 Å². The molecule has 0 saturated heterocycles. The first-order valence-corrected chi connectivity index (χ1v) is 12.3. The summed E-state index contributed by atoms with van der Waals surface area (Å²) in [6.07, 6.45) is 8.83. The van der Waals surface area contributed by atoms with E-state index in [1.165, 1.54) is 54.4 Å². The second-order valence-electron chi connectivity index (χ2n) is 8.46. The Labute approximate surface area is 194 Å². The third-order valence-electron chi connectivity index (χ3n) is 5.90. The highest BCUT2D eigenvalue weighted by atomic mass is 16.5. The van der Waals surface area contributed by atoms with Gasteiger partial charge in [0.05, 0.1) is 19.3 Å². The van der Waals surface area contributed by atoms with Gasteiger partial charge in [-0.3, -0.25) is 0 Å². The third kappa shape index (κ3) is 7.84. The normalized spacial score (nSPS) is 11.9. The molecule has 0 radical (unpaired) electrons. The molecule has 0 heterocycles. The second kappa shape index (κ2) is 13.8. The van der Waals surface area contributed by atoms with Gasteiger partial charge in [0, 0.05) is 0 Å². The molecule has 0 amide bonds. The van der Waals surface area contributed by atoms with Gasteiger partial charge in [0.2, 0.25) is 0 Å². The Hall–Kier alpha value is -2.58. The van der Waals surface area contributed by atoms with Crippen LogP contribution in [0.4, 0.5) is 0 Å². The number of hydrogen-bond acceptors (Lipinski definition) is 2. The molecule has 1 unspecified atom stereocenters. The van der Waals surface area contributed by atoms with Crippen LogP contribution in [0, 0.1) is 0 Å². The van der Waals surface area contributed by atoms with Crippen LogP contribution >= 0.6 is 0 Å². The number of unbranched alkanes of at least 4 members (excludes halogenated alkanes) is 5. The first kappa shape index (κ1) is 24.1. The first-order valence-electron chi connectivity index (χ1n) is 12.3. The molecule has 0 aromatic heterocycles. The van der Waals surface area contributed by atoms with Crippen LogP contribution in [0.25, 0.3) is 11.1 Å². The minimum atomic E-state index is 0.139. The molecule has 3 aromatic carbocycles. The molecule has 3 aromatic rings. The smallest absolute Gasteiger partial charge is 0.119 e. The maximum atomic E-state index is 6.18. The highest BCUT2D eigenvalue weighted by molar-refractivity contribution is 5.64. The van der Waals surface area contributed by atoms with Crippen LogP contribution in [-0.4, -0.2) is 6.61 Å². The van der Waals surface area contributed by atoms with Crippen molar-refractivity contribution in [3.05, 3.63) is 90.0 Å². The molecule has 0 bridgehead atoms. The molecule has 32 heavy (non-hydrogen) atoms. The van der Waals surface area contributed by atoms with Gasteiger partial charge in [-0.15, -0.1) is 0 Å². The van der Waals surface area contributed by atoms with Gasteiger partial charge in [-0.2, -0.15) is 0 Å². The van der Waals surface area contributed by atoms with E-state index in [9.17, 15) is 0 Å². The van der Waals surface area contributed by atoms with Gasteiger partial charge in [0.1, 0.15) is 5.75 Å². The van der Waals surface area contributed by atoms with Crippen molar-refractivity contribution >= 4 is 0 Å². The lowest BCUT2D eigenvalue weighted by Crippen LogP contribution is -2.03. The summed E-state index contributed by atoms with van der Waals surface area (Å²) in [4.78, 5) is 0. The van der Waals surface area contributed by atoms with E-state index in [2.05, 4.69) is 86.6 Å². The molecule has 0 aliphatic heterocycles. The summed E-state index contributed by atoms with van der Waals surface area (Å²) in [7, 11) is 0. The van der Waals surface area contributed by atoms with Crippen LogP contribution in [0.3, 0.4) is 0 Å². The summed E-state index contributed by atoms with van der Waals surface area (Å²) in [6.45, 7) is 5.85. The zero-order valence-corrected chi connectivity index (χ0v) is 19.8. The second-order valence-corrected chi connectivity index (χ2v) is 8.46. The van der Waals surface area contributed by atoms with E-state index in [1.54, 1.807) is 0 Å². The van der Waals surface area contributed by atoms with Gasteiger partial charge in [0.15, 0.2) is 0 Å². The van der Waals surface area contributed by atoms with Gasteiger partial charge in [-0.25, -0.2) is 0 Å². The van der Waals surface area contributed by atoms with E-state index in [4.69, 9.17) is 9.47 Å². The zero-order valence-electron chi connectivity index (χ0n) is 19.8. The molecular formula is C30H38O2. The molecule has 2 nitrogen and oxygen atoms in total. The highest BCUT2D eigenvalue weighted by Crippen LogP contribution is 2.25. The SMILES string of the molecule is CCCCCCCCOc1ccc(-c2ccc(COC(CC)c3ccccc3)cc2)cc1. The molecule has 0 spiro atoms. The van der Waals surface area contributed by atoms with Crippen molar-refractivity contribution in [2.45, 2.75) is 71.5 Å². The van der Waals surface area contributed by atoms with Gasteiger partial charge in [0.25, 0.3) is 0 Å². The average Bonchev–Trinajstić information content (AvgIpc) is 2.85. The fourth-order valence-electron chi connectivity index (χ4n) is 3.92. The zero-order chi connectivity index (χ0) is 22.4. The van der Waals surface area contributed by atoms with E-state index in [1.807, 2.05) is 6.07 Å². The molecule has 0 N–H and O–H groups in total. The maximum absolute atomic E-state index is 6.18. The largest absolute Gasteiger partial charge is 0.494 e. The lowest BCUT2D eigenvalue weighted by molar-refractivity contribution is 0.0372. The van der Waals surface area contributed by atoms with Crippen LogP contribution < -0.4 is 4.74 Å². The van der Waals surface area contributed by atoms with E-state index in [0.29, 0.717) is 6.61 Å². The van der Waals surface area contributed by atoms with Crippen molar-refractivity contribution in [2.75, 3.05) is 6.61 Å². The van der Waals surface area contributed by atoms with Crippen molar-refractivity contribution in [1.82, 2.24) is 0 Å². The predicted molar refractivity (Wildman–Crippen MR) is 135 cm³/mol. The minimum absolute atomic E-state index is 0.139. The molecule has 1 atom stereocenters. The predicted octanol–water partition coefficient (Wildman–Crippen LogP) is 8.76. The molecular weight excluding hydrogens is 392 g/mol. The fourth-order valence-corrected chi connectivity index (χ4v) is 3.92. The van der Waals surface area contributed by atoms with E-state index < -0.39 is 0 Å². The number of hydrogen-bond donors (Lipinski definition) is 0. The van der Waals surface area contributed by atoms with Crippen LogP contribution in [0.5, 0.6) is 5.75 Å². The minimum Gasteiger partial charge on any atom is -0.494 e. The van der Waals surface area contributed by atoms with Gasteiger partial charge >= 0.3 is 0 Å². The Bertz CT molecular complexity index is 869. The number of rotatable bonds is 14. The molecule has 2 heteroatoms. The van der Waals surface area contributed by atoms with Crippen LogP contribution in [0.2, 0.25) is 0 Å². The van der Waals surface area contributed by atoms with Crippen molar-refractivity contribution in [1.29, 1.82) is 0 Å². The number of benzene rings is 3. The molecule has 0 saturated carbocycles. The van der Waals surface area contributed by atoms with E-state index in [-0.39, 0.29) is 6.10 Å². The first-order chi connectivity index (χ1) is 15.8. The third-order valence-corrected chi connectivity index (χ3v) is 5.90. The Balaban J connectivity index is 1.45. The van der Waals surface area contributed by atoms with Gasteiger partial charge in [-0.1, -0.05) is 113 Å². The van der Waals surface area contributed by atoms with Crippen molar-refractivity contribution in [3.8, 4) is 16.9 Å². The quantitative estimate of drug-likeness (QED) is 0.238. The molecule has 0 aliphatic rings. The van der Waals surface area contributed by atoms with Crippen molar-refractivity contribution < 1.29 is 9.47 Å². The Kier molecular flexibility index (Phi) is 10.3. The van der Waals surface area contributed by atoms with Crippen molar-refractivity contribution in [3.63, 3.8) is 0 Å². The van der Waals surface area contributed by atoms with E-state index >= 15 is 0 Å². The number of ether oxygens (including phenoxy) is 2. The summed E-state index contributed by atoms with van der Waals surface area (Å²) in [5.41, 5.74) is 4.86. The standard InChI is InChI=1S/C30H38O2/c1-3-5-6-7-8-12-23-31-29-21-19-27(20-22-29)26-17-15-25(16-18-26)24-32-30(4-2)28-13-10-9-11-14-28/h9-11,13-22,30H,3-8,12,23-24H2,1-2H3. The lowest BCUT2D eigenvalue weighted by Gasteiger charge is -2.16. The Morgan fingerprint density at radius 2 is 1.28 bits per heavy atom. The highest BCUT2D eigenvalue weighted by Gasteiger charge is 2.09. The average molecular weight is 431 g/mol. The summed E-state index contributed by atoms with van der Waals surface area (Å²) in [6, 6.07) is 27.6. The van der Waals surface area contributed by atoms with Crippen LogP contribution in [0.1, 0.15) is 76.0 Å². The fraction of sp³-hybridized carbons (Fsp3) is 0.400. The summed E-state index contributed by atoms with van der Waals surface area (Å²) in [5.74, 6) is 0.957. The maximum Gasteiger partial charge on any atom is 0.119 e. The van der Waals surface area contributed by atoms with E-state index in [0.717, 1.165) is 25.2 Å². The summed E-state index contributed by atoms with van der Waals surface area (Å²) in [5, 5.41) is 0. The molecule has 0 fully saturated rings. The Morgan fingerprint density at radius 1 is 0.656 bits per heavy atom. The Morgan fingerprint density at radius 3 is 1.94 bits per heavy atom. The monoisotopic (exact) mass is 430 g/mol. The van der Waals surface area contributed by atoms with Crippen LogP contribution in [0.15, 0.2) is 78.9 Å². The van der Waals surface area contributed by atoms with Crippen LogP contribution in [-0.2, 0) is 11.3 Å². The molecule has 0 aliphatic carbocycles. The van der Waals surface area contributed by atoms with Gasteiger partial charge in [-0.05, 0) is 47.2 Å². The molecule has 3 rings (SSSR count). The van der Waals surface area contributed by atoms with Gasteiger partial charge < -0.3 is 9.47 Å². The topological polar surface area (TPSA) is 18.5 Å². The summed E-state index contributed by atoms with van der Waals surface area (Å²) < 4.78 is 12.1. The summed E-state index contributed by atoms with van der Waals surface area (Å²) >= 11 is 0.